The number of hydrogen-bond acceptors (Lipinski definition) is 3. The monoisotopic (exact) mass is 215 g/mol. The Morgan fingerprint density at radius 2 is 2.40 bits per heavy atom. The third-order valence-corrected chi connectivity index (χ3v) is 2.63. The summed E-state index contributed by atoms with van der Waals surface area (Å²) in [6.07, 6.45) is 1.63. The molecule has 15 heavy (non-hydrogen) atoms. The molecule has 5 heteroatoms. The molecule has 5 nitrogen and oxygen atoms in total. The maximum absolute atomic E-state index is 11.5. The Bertz CT molecular complexity index is 215. The quantitative estimate of drug-likeness (QED) is 0.606. The van der Waals surface area contributed by atoms with Crippen molar-refractivity contribution in [3.63, 3.8) is 0 Å². The van der Waals surface area contributed by atoms with Crippen LogP contribution in [-0.2, 0) is 0 Å². The van der Waals surface area contributed by atoms with Crippen molar-refractivity contribution < 1.29 is 9.90 Å². The maximum atomic E-state index is 11.5. The molecular weight excluding hydrogens is 194 g/mol. The number of urea groups is 1. The molecule has 1 heterocycles. The zero-order chi connectivity index (χ0) is 11.3. The third-order valence-electron chi connectivity index (χ3n) is 2.63. The van der Waals surface area contributed by atoms with Gasteiger partial charge >= 0.3 is 6.03 Å². The fourth-order valence-corrected chi connectivity index (χ4v) is 1.75. The van der Waals surface area contributed by atoms with E-state index in [-0.39, 0.29) is 6.03 Å². The molecular formula is C10H21N3O2. The van der Waals surface area contributed by atoms with Gasteiger partial charge in [0.25, 0.3) is 0 Å². The minimum atomic E-state index is -0.752. The van der Waals surface area contributed by atoms with Crippen molar-refractivity contribution in [3.8, 4) is 0 Å². The molecule has 1 rings (SSSR count). The molecule has 0 spiro atoms. The van der Waals surface area contributed by atoms with E-state index in [0.717, 1.165) is 13.0 Å². The van der Waals surface area contributed by atoms with Crippen LogP contribution in [-0.4, -0.2) is 54.9 Å². The number of carbonyl (C=O) groups is 1. The van der Waals surface area contributed by atoms with E-state index in [2.05, 4.69) is 10.6 Å². The largest absolute Gasteiger partial charge is 0.387 e. The molecule has 0 saturated carbocycles. The lowest BCUT2D eigenvalue weighted by Gasteiger charge is -2.28. The zero-order valence-electron chi connectivity index (χ0n) is 9.55. The summed E-state index contributed by atoms with van der Waals surface area (Å²) in [4.78, 5) is 13.1. The van der Waals surface area contributed by atoms with Gasteiger partial charge in [-0.3, -0.25) is 0 Å². The number of β-amino-alcohol motifs (C(OH)–C–C–N with tert-alkyl or cyclic N) is 1. The van der Waals surface area contributed by atoms with E-state index >= 15 is 0 Å². The third kappa shape index (κ3) is 3.68. The van der Waals surface area contributed by atoms with E-state index in [9.17, 15) is 9.90 Å². The summed E-state index contributed by atoms with van der Waals surface area (Å²) in [6.45, 7) is 4.46. The van der Waals surface area contributed by atoms with Crippen molar-refractivity contribution in [2.45, 2.75) is 25.4 Å². The van der Waals surface area contributed by atoms with Crippen LogP contribution in [0.2, 0.25) is 0 Å². The topological polar surface area (TPSA) is 64.6 Å². The molecule has 0 aromatic carbocycles. The fraction of sp³-hybridized carbons (Fsp3) is 0.900. The summed E-state index contributed by atoms with van der Waals surface area (Å²) in [5.74, 6) is 0. The number of hydrogen-bond donors (Lipinski definition) is 3. The van der Waals surface area contributed by atoms with Crippen molar-refractivity contribution >= 4 is 6.03 Å². The van der Waals surface area contributed by atoms with Crippen LogP contribution in [0.1, 0.15) is 19.8 Å². The molecule has 1 atom stereocenters. The molecule has 0 bridgehead atoms. The minimum absolute atomic E-state index is 0.114. The van der Waals surface area contributed by atoms with Crippen LogP contribution in [0.15, 0.2) is 0 Å². The first-order valence-corrected chi connectivity index (χ1v) is 5.49. The van der Waals surface area contributed by atoms with Gasteiger partial charge in [0.05, 0.1) is 12.1 Å². The molecule has 1 saturated heterocycles. The SMILES string of the molecule is CCCNC(=O)N(C)CC1(O)CCNC1. The van der Waals surface area contributed by atoms with Crippen LogP contribution >= 0.6 is 0 Å². The lowest BCUT2D eigenvalue weighted by atomic mass is 10.0. The average molecular weight is 215 g/mol. The fourth-order valence-electron chi connectivity index (χ4n) is 1.75. The summed E-state index contributed by atoms with van der Waals surface area (Å²) in [6, 6.07) is -0.114. The molecule has 0 aromatic rings. The van der Waals surface area contributed by atoms with Gasteiger partial charge in [-0.15, -0.1) is 0 Å². The van der Waals surface area contributed by atoms with Crippen molar-refractivity contribution in [1.82, 2.24) is 15.5 Å². The van der Waals surface area contributed by atoms with Crippen LogP contribution in [0.5, 0.6) is 0 Å². The highest BCUT2D eigenvalue weighted by atomic mass is 16.3. The Morgan fingerprint density at radius 3 is 2.93 bits per heavy atom. The molecule has 88 valence electrons. The van der Waals surface area contributed by atoms with Gasteiger partial charge in [-0.1, -0.05) is 6.92 Å². The lowest BCUT2D eigenvalue weighted by Crippen LogP contribution is -2.48. The van der Waals surface area contributed by atoms with Crippen LogP contribution in [0.4, 0.5) is 4.79 Å². The Labute approximate surface area is 90.8 Å². The summed E-state index contributed by atoms with van der Waals surface area (Å²) >= 11 is 0. The van der Waals surface area contributed by atoms with E-state index in [0.29, 0.717) is 26.1 Å². The Kier molecular flexibility index (Phi) is 4.35. The normalized spacial score (nSPS) is 25.3. The molecule has 0 aromatic heterocycles. The van der Waals surface area contributed by atoms with Gasteiger partial charge in [-0.05, 0) is 19.4 Å². The second-order valence-electron chi connectivity index (χ2n) is 4.24. The Balaban J connectivity index is 2.33. The van der Waals surface area contributed by atoms with Crippen molar-refractivity contribution in [2.75, 3.05) is 33.2 Å². The zero-order valence-corrected chi connectivity index (χ0v) is 9.55. The lowest BCUT2D eigenvalue weighted by molar-refractivity contribution is 0.0369. The summed E-state index contributed by atoms with van der Waals surface area (Å²) in [5, 5.41) is 15.9. The van der Waals surface area contributed by atoms with E-state index in [1.807, 2.05) is 6.92 Å². The number of aliphatic hydroxyl groups is 1. The first-order valence-electron chi connectivity index (χ1n) is 5.49. The van der Waals surface area contributed by atoms with E-state index < -0.39 is 5.60 Å². The minimum Gasteiger partial charge on any atom is -0.387 e. The van der Waals surface area contributed by atoms with Crippen molar-refractivity contribution in [2.24, 2.45) is 0 Å². The number of likely N-dealkylation sites (N-methyl/N-ethyl adjacent to an activating group) is 1. The summed E-state index contributed by atoms with van der Waals surface area (Å²) < 4.78 is 0. The highest BCUT2D eigenvalue weighted by Crippen LogP contribution is 2.15. The van der Waals surface area contributed by atoms with E-state index in [1.54, 1.807) is 11.9 Å². The number of rotatable bonds is 4. The van der Waals surface area contributed by atoms with Crippen molar-refractivity contribution in [3.05, 3.63) is 0 Å². The maximum Gasteiger partial charge on any atom is 0.317 e. The van der Waals surface area contributed by atoms with Gasteiger partial charge in [0.2, 0.25) is 0 Å². The predicted octanol–water partition coefficient (Wildman–Crippen LogP) is -0.238. The molecule has 1 unspecified atom stereocenters. The Hall–Kier alpha value is -0.810. The predicted molar refractivity (Wildman–Crippen MR) is 58.8 cm³/mol. The van der Waals surface area contributed by atoms with Crippen LogP contribution in [0.3, 0.4) is 0 Å². The van der Waals surface area contributed by atoms with E-state index in [1.165, 1.54) is 0 Å². The van der Waals surface area contributed by atoms with E-state index in [4.69, 9.17) is 0 Å². The molecule has 1 aliphatic heterocycles. The van der Waals surface area contributed by atoms with Gasteiger partial charge < -0.3 is 20.6 Å². The van der Waals surface area contributed by atoms with Gasteiger partial charge in [0, 0.05) is 20.1 Å². The summed E-state index contributed by atoms with van der Waals surface area (Å²) in [7, 11) is 1.71. The van der Waals surface area contributed by atoms with Gasteiger partial charge in [0.1, 0.15) is 0 Å². The second kappa shape index (κ2) is 5.32. The highest BCUT2D eigenvalue weighted by molar-refractivity contribution is 5.73. The first kappa shape index (κ1) is 12.3. The number of amides is 2. The molecule has 0 radical (unpaired) electrons. The van der Waals surface area contributed by atoms with Gasteiger partial charge in [-0.2, -0.15) is 0 Å². The smallest absolute Gasteiger partial charge is 0.317 e. The molecule has 0 aliphatic carbocycles. The van der Waals surface area contributed by atoms with Crippen LogP contribution in [0, 0.1) is 0 Å². The van der Waals surface area contributed by atoms with Crippen molar-refractivity contribution in [1.29, 1.82) is 0 Å². The Morgan fingerprint density at radius 1 is 1.67 bits per heavy atom. The second-order valence-corrected chi connectivity index (χ2v) is 4.24. The number of nitrogens with one attached hydrogen (secondary N) is 2. The number of nitrogens with zero attached hydrogens (tertiary/aromatic N) is 1. The molecule has 1 fully saturated rings. The van der Waals surface area contributed by atoms with Crippen LogP contribution < -0.4 is 10.6 Å². The van der Waals surface area contributed by atoms with Crippen LogP contribution in [0.25, 0.3) is 0 Å². The number of carbonyl (C=O) groups excluding carboxylic acids is 1. The molecule has 3 N–H and O–H groups in total. The first-order chi connectivity index (χ1) is 7.07. The standard InChI is InChI=1S/C10H21N3O2/c1-3-5-12-9(14)13(2)8-10(15)4-6-11-7-10/h11,15H,3-8H2,1-2H3,(H,12,14). The molecule has 2 amide bonds. The van der Waals surface area contributed by atoms with Gasteiger partial charge in [0.15, 0.2) is 0 Å². The average Bonchev–Trinajstić information content (AvgIpc) is 2.61. The highest BCUT2D eigenvalue weighted by Gasteiger charge is 2.33. The molecule has 1 aliphatic rings. The van der Waals surface area contributed by atoms with Gasteiger partial charge in [-0.25, -0.2) is 4.79 Å². The summed E-state index contributed by atoms with van der Waals surface area (Å²) in [5.41, 5.74) is -0.752.